The summed E-state index contributed by atoms with van der Waals surface area (Å²) in [5.41, 5.74) is 10.7. The number of nitrogens with zero attached hydrogens (tertiary/aromatic N) is 2. The van der Waals surface area contributed by atoms with Gasteiger partial charge in [0.1, 0.15) is 5.82 Å². The predicted octanol–water partition coefficient (Wildman–Crippen LogP) is 1.68. The highest BCUT2D eigenvalue weighted by atomic mass is 19.4. The minimum Gasteiger partial charge on any atom is -0.398 e. The zero-order valence-corrected chi connectivity index (χ0v) is 7.42. The Morgan fingerprint density at radius 3 is 2.53 bits per heavy atom. The van der Waals surface area contributed by atoms with Gasteiger partial charge in [0.15, 0.2) is 5.65 Å². The van der Waals surface area contributed by atoms with E-state index in [1.807, 2.05) is 0 Å². The molecule has 0 aliphatic carbocycles. The van der Waals surface area contributed by atoms with Gasteiger partial charge in [-0.2, -0.15) is 0 Å². The third-order valence-electron chi connectivity index (χ3n) is 1.98. The Balaban J connectivity index is 2.80. The summed E-state index contributed by atoms with van der Waals surface area (Å²) in [6.07, 6.45) is -3.65. The van der Waals surface area contributed by atoms with Gasteiger partial charge in [-0.05, 0) is 6.07 Å². The molecule has 0 bridgehead atoms. The molecule has 0 saturated carbocycles. The largest absolute Gasteiger partial charge is 0.490 e. The number of pyridine rings is 1. The third-order valence-corrected chi connectivity index (χ3v) is 1.98. The van der Waals surface area contributed by atoms with Crippen molar-refractivity contribution in [2.45, 2.75) is 6.30 Å². The van der Waals surface area contributed by atoms with Crippen LogP contribution < -0.4 is 11.5 Å². The fraction of sp³-hybridized carbons (Fsp3) is 0.125. The summed E-state index contributed by atoms with van der Waals surface area (Å²) in [6.45, 7) is 0. The molecule has 2 aromatic heterocycles. The number of nitrogens with two attached hydrogens (primary N) is 2. The Hall–Kier alpha value is -1.92. The van der Waals surface area contributed by atoms with E-state index in [2.05, 4.69) is 4.98 Å². The second-order valence-electron chi connectivity index (χ2n) is 3.03. The van der Waals surface area contributed by atoms with Crippen LogP contribution in [0.3, 0.4) is 0 Å². The van der Waals surface area contributed by atoms with Gasteiger partial charge >= 0.3 is 6.30 Å². The average Bonchev–Trinajstić information content (AvgIpc) is 2.45. The van der Waals surface area contributed by atoms with Gasteiger partial charge in [-0.1, -0.05) is 0 Å². The molecule has 15 heavy (non-hydrogen) atoms. The van der Waals surface area contributed by atoms with Crippen molar-refractivity contribution in [3.63, 3.8) is 0 Å². The number of aromatic nitrogens is 2. The summed E-state index contributed by atoms with van der Waals surface area (Å²) in [5.74, 6) is -0.0378. The second kappa shape index (κ2) is 2.78. The van der Waals surface area contributed by atoms with Gasteiger partial charge in [-0.15, -0.1) is 13.2 Å². The quantitative estimate of drug-likeness (QED) is 0.703. The van der Waals surface area contributed by atoms with Crippen molar-refractivity contribution in [2.24, 2.45) is 0 Å². The van der Waals surface area contributed by atoms with E-state index in [4.69, 9.17) is 11.5 Å². The first-order valence-corrected chi connectivity index (χ1v) is 4.00. The Morgan fingerprint density at radius 1 is 1.27 bits per heavy atom. The molecular formula is C8H7F3N4. The number of fused-ring (bicyclic) bond motifs is 1. The van der Waals surface area contributed by atoms with Crippen molar-refractivity contribution in [3.05, 3.63) is 18.3 Å². The molecule has 0 aromatic carbocycles. The molecule has 2 rings (SSSR count). The Labute approximate surface area is 82.3 Å². The summed E-state index contributed by atoms with van der Waals surface area (Å²) >= 11 is 0. The summed E-state index contributed by atoms with van der Waals surface area (Å²) in [6, 6.07) is 2.58. The van der Waals surface area contributed by atoms with Gasteiger partial charge in [-0.3, -0.25) is 0 Å². The van der Waals surface area contributed by atoms with Gasteiger partial charge in [0, 0.05) is 23.3 Å². The maximum absolute atomic E-state index is 12.5. The first-order valence-electron chi connectivity index (χ1n) is 4.00. The Bertz CT molecular complexity index is 514. The zero-order valence-electron chi connectivity index (χ0n) is 7.42. The highest BCUT2D eigenvalue weighted by Gasteiger charge is 2.32. The maximum Gasteiger partial charge on any atom is 0.490 e. The van der Waals surface area contributed by atoms with Crippen LogP contribution in [0.5, 0.6) is 0 Å². The van der Waals surface area contributed by atoms with E-state index in [1.165, 1.54) is 12.1 Å². The number of hydrogen-bond acceptors (Lipinski definition) is 3. The molecular weight excluding hydrogens is 209 g/mol. The lowest BCUT2D eigenvalue weighted by atomic mass is 10.3. The summed E-state index contributed by atoms with van der Waals surface area (Å²) < 4.78 is 37.4. The Morgan fingerprint density at radius 2 is 1.93 bits per heavy atom. The summed E-state index contributed by atoms with van der Waals surface area (Å²) in [5, 5.41) is 0.238. The van der Waals surface area contributed by atoms with E-state index < -0.39 is 6.30 Å². The van der Waals surface area contributed by atoms with E-state index in [9.17, 15) is 13.2 Å². The SMILES string of the molecule is Nc1cc(N)c2ccn(C(F)(F)F)c2n1. The average molecular weight is 216 g/mol. The van der Waals surface area contributed by atoms with Gasteiger partial charge < -0.3 is 11.5 Å². The third kappa shape index (κ3) is 1.45. The standard InChI is InChI=1S/C8H7F3N4/c9-8(10,11)15-2-1-4-5(12)3-6(13)14-7(4)15/h1-3H,(H4,12,13,14). The predicted molar refractivity (Wildman–Crippen MR) is 49.9 cm³/mol. The molecule has 4 N–H and O–H groups in total. The molecule has 0 aliphatic rings. The molecule has 7 heteroatoms. The zero-order chi connectivity index (χ0) is 11.2. The smallest absolute Gasteiger partial charge is 0.398 e. The molecule has 2 aromatic rings. The molecule has 0 spiro atoms. The van der Waals surface area contributed by atoms with Crippen LogP contribution in [-0.2, 0) is 6.30 Å². The van der Waals surface area contributed by atoms with Crippen molar-refractivity contribution in [1.29, 1.82) is 0 Å². The van der Waals surface area contributed by atoms with Gasteiger partial charge in [0.2, 0.25) is 0 Å². The number of rotatable bonds is 0. The molecule has 0 unspecified atom stereocenters. The fourth-order valence-electron chi connectivity index (χ4n) is 1.36. The van der Waals surface area contributed by atoms with Gasteiger partial charge in [-0.25, -0.2) is 9.55 Å². The van der Waals surface area contributed by atoms with Crippen LogP contribution in [-0.4, -0.2) is 9.55 Å². The van der Waals surface area contributed by atoms with Crippen molar-refractivity contribution in [2.75, 3.05) is 11.5 Å². The lowest BCUT2D eigenvalue weighted by molar-refractivity contribution is -0.200. The number of alkyl halides is 3. The van der Waals surface area contributed by atoms with Crippen LogP contribution in [0.25, 0.3) is 11.0 Å². The van der Waals surface area contributed by atoms with Gasteiger partial charge in [0.05, 0.1) is 0 Å². The van der Waals surface area contributed by atoms with Crippen molar-refractivity contribution < 1.29 is 13.2 Å². The number of hydrogen-bond donors (Lipinski definition) is 2. The lowest BCUT2D eigenvalue weighted by Crippen LogP contribution is -2.16. The van der Waals surface area contributed by atoms with Crippen LogP contribution in [0.1, 0.15) is 0 Å². The van der Waals surface area contributed by atoms with E-state index in [0.29, 0.717) is 0 Å². The van der Waals surface area contributed by atoms with Crippen molar-refractivity contribution >= 4 is 22.5 Å². The molecule has 4 nitrogen and oxygen atoms in total. The number of nitrogen functional groups attached to an aromatic ring is 2. The molecule has 0 amide bonds. The first kappa shape index (κ1) is 9.63. The molecule has 2 heterocycles. The molecule has 0 aliphatic heterocycles. The molecule has 0 radical (unpaired) electrons. The molecule has 0 fully saturated rings. The van der Waals surface area contributed by atoms with E-state index in [1.54, 1.807) is 0 Å². The molecule has 80 valence electrons. The van der Waals surface area contributed by atoms with Crippen molar-refractivity contribution in [3.8, 4) is 0 Å². The number of anilines is 2. The Kier molecular flexibility index (Phi) is 1.79. The van der Waals surface area contributed by atoms with E-state index >= 15 is 0 Å². The normalized spacial score (nSPS) is 12.2. The van der Waals surface area contributed by atoms with E-state index in [0.717, 1.165) is 6.20 Å². The van der Waals surface area contributed by atoms with Crippen LogP contribution in [0.2, 0.25) is 0 Å². The minimum absolute atomic E-state index is 0.0378. The van der Waals surface area contributed by atoms with E-state index in [-0.39, 0.29) is 27.1 Å². The van der Waals surface area contributed by atoms with Gasteiger partial charge in [0.25, 0.3) is 0 Å². The number of halogens is 3. The molecule has 0 atom stereocenters. The maximum atomic E-state index is 12.5. The molecule has 0 saturated heterocycles. The highest BCUT2D eigenvalue weighted by Crippen LogP contribution is 2.30. The minimum atomic E-state index is -4.52. The summed E-state index contributed by atoms with van der Waals surface area (Å²) in [4.78, 5) is 3.60. The monoisotopic (exact) mass is 216 g/mol. The topological polar surface area (TPSA) is 69.9 Å². The van der Waals surface area contributed by atoms with Crippen LogP contribution in [0.15, 0.2) is 18.3 Å². The fourth-order valence-corrected chi connectivity index (χ4v) is 1.36. The first-order chi connectivity index (χ1) is 6.89. The van der Waals surface area contributed by atoms with Crippen LogP contribution in [0.4, 0.5) is 24.7 Å². The lowest BCUT2D eigenvalue weighted by Gasteiger charge is -2.09. The summed E-state index contributed by atoms with van der Waals surface area (Å²) in [7, 11) is 0. The second-order valence-corrected chi connectivity index (χ2v) is 3.03. The highest BCUT2D eigenvalue weighted by molar-refractivity contribution is 5.90. The van der Waals surface area contributed by atoms with Crippen molar-refractivity contribution in [1.82, 2.24) is 9.55 Å². The van der Waals surface area contributed by atoms with Crippen LogP contribution in [0, 0.1) is 0 Å². The van der Waals surface area contributed by atoms with Crippen LogP contribution >= 0.6 is 0 Å².